The van der Waals surface area contributed by atoms with E-state index in [0.29, 0.717) is 12.1 Å². The maximum atomic E-state index is 12.1. The smallest absolute Gasteiger partial charge is 0.258 e. The fraction of sp³-hybridized carbons (Fsp3) is 0.182. The van der Waals surface area contributed by atoms with Crippen LogP contribution in [0.4, 0.5) is 0 Å². The van der Waals surface area contributed by atoms with Crippen LogP contribution in [0.5, 0.6) is 0 Å². The third-order valence-electron chi connectivity index (χ3n) is 2.16. The predicted octanol–water partition coefficient (Wildman–Crippen LogP) is 1.56. The van der Waals surface area contributed by atoms with Gasteiger partial charge in [-0.05, 0) is 19.1 Å². The lowest BCUT2D eigenvalue weighted by molar-refractivity contribution is 0.0820. The molecule has 0 aromatic carbocycles. The van der Waals surface area contributed by atoms with E-state index in [1.165, 1.54) is 17.3 Å². The zero-order valence-corrected chi connectivity index (χ0v) is 10.1. The van der Waals surface area contributed by atoms with Crippen LogP contribution in [-0.4, -0.2) is 27.5 Å². The maximum absolute atomic E-state index is 12.1. The molecule has 0 fully saturated rings. The highest BCUT2D eigenvalue weighted by Gasteiger charge is 2.19. The molecule has 6 heteroatoms. The molecule has 1 heterocycles. The predicted molar refractivity (Wildman–Crippen MR) is 66.8 cm³/mol. The van der Waals surface area contributed by atoms with E-state index in [0.717, 1.165) is 6.20 Å². The average molecular weight is 253 g/mol. The van der Waals surface area contributed by atoms with Crippen molar-refractivity contribution in [1.82, 2.24) is 9.88 Å². The Bertz CT molecular complexity index is 444. The molecule has 90 valence electrons. The zero-order valence-electron chi connectivity index (χ0n) is 9.35. The molecule has 0 aliphatic rings. The van der Waals surface area contributed by atoms with Crippen molar-refractivity contribution in [3.05, 3.63) is 42.0 Å². The highest BCUT2D eigenvalue weighted by Crippen LogP contribution is 2.12. The number of nitrogens with zero attached hydrogens (tertiary/aromatic N) is 2. The van der Waals surface area contributed by atoms with Crippen LogP contribution in [0.3, 0.4) is 0 Å². The average Bonchev–Trinajstić information content (AvgIpc) is 2.35. The first-order valence-corrected chi connectivity index (χ1v) is 5.37. The van der Waals surface area contributed by atoms with Gasteiger partial charge in [-0.2, -0.15) is 0 Å². The third-order valence-corrected chi connectivity index (χ3v) is 2.36. The van der Waals surface area contributed by atoms with E-state index < -0.39 is 0 Å². The minimum absolute atomic E-state index is 0.191. The molecule has 0 bridgehead atoms. The van der Waals surface area contributed by atoms with Gasteiger partial charge in [-0.15, -0.1) is 0 Å². The summed E-state index contributed by atoms with van der Waals surface area (Å²) in [5.74, 6) is -0.267. The Hall–Kier alpha value is -1.88. The summed E-state index contributed by atoms with van der Waals surface area (Å²) in [6, 6.07) is 3.19. The second-order valence-electron chi connectivity index (χ2n) is 3.15. The number of amides is 1. The molecule has 1 rings (SSSR count). The van der Waals surface area contributed by atoms with Gasteiger partial charge in [0.05, 0.1) is 5.70 Å². The normalized spacial score (nSPS) is 11.1. The Kier molecular flexibility index (Phi) is 4.66. The highest BCUT2D eigenvalue weighted by molar-refractivity contribution is 6.68. The van der Waals surface area contributed by atoms with Crippen molar-refractivity contribution in [3.63, 3.8) is 0 Å². The number of nitrogens with one attached hydrogen (secondary N) is 1. The van der Waals surface area contributed by atoms with E-state index in [1.54, 1.807) is 19.1 Å². The van der Waals surface area contributed by atoms with Gasteiger partial charge >= 0.3 is 0 Å². The summed E-state index contributed by atoms with van der Waals surface area (Å²) in [7, 11) is 0. The van der Waals surface area contributed by atoms with E-state index in [2.05, 4.69) is 4.98 Å². The van der Waals surface area contributed by atoms with E-state index in [1.807, 2.05) is 0 Å². The van der Waals surface area contributed by atoms with E-state index in [-0.39, 0.29) is 16.8 Å². The molecule has 1 aromatic heterocycles. The second kappa shape index (κ2) is 6.00. The lowest BCUT2D eigenvalue weighted by atomic mass is 10.2. The van der Waals surface area contributed by atoms with Crippen molar-refractivity contribution >= 4 is 22.7 Å². The van der Waals surface area contributed by atoms with Gasteiger partial charge in [-0.25, -0.2) is 0 Å². The van der Waals surface area contributed by atoms with Crippen LogP contribution in [0.25, 0.3) is 0 Å². The molecule has 0 unspecified atom stereocenters. The van der Waals surface area contributed by atoms with Crippen molar-refractivity contribution in [2.75, 3.05) is 6.54 Å². The molecule has 0 aliphatic carbocycles. The summed E-state index contributed by atoms with van der Waals surface area (Å²) in [6.45, 7) is 2.15. The van der Waals surface area contributed by atoms with Crippen LogP contribution < -0.4 is 5.73 Å². The lowest BCUT2D eigenvalue weighted by Crippen LogP contribution is -2.33. The molecule has 1 aromatic rings. The largest absolute Gasteiger partial charge is 0.403 e. The molecule has 0 saturated carbocycles. The van der Waals surface area contributed by atoms with Gasteiger partial charge in [-0.1, -0.05) is 11.6 Å². The summed E-state index contributed by atoms with van der Waals surface area (Å²) in [5.41, 5.74) is 6.03. The van der Waals surface area contributed by atoms with Gasteiger partial charge in [0, 0.05) is 30.7 Å². The molecule has 17 heavy (non-hydrogen) atoms. The fourth-order valence-corrected chi connectivity index (χ4v) is 1.52. The van der Waals surface area contributed by atoms with Crippen LogP contribution in [0.15, 0.2) is 36.4 Å². The molecular weight excluding hydrogens is 240 g/mol. The number of halogens is 1. The van der Waals surface area contributed by atoms with Crippen molar-refractivity contribution < 1.29 is 4.79 Å². The number of allylic oxidation sites excluding steroid dienone is 1. The quantitative estimate of drug-likeness (QED) is 0.798. The van der Waals surface area contributed by atoms with Crippen molar-refractivity contribution in [2.45, 2.75) is 6.92 Å². The summed E-state index contributed by atoms with van der Waals surface area (Å²) < 4.78 is 0. The number of aromatic nitrogens is 1. The summed E-state index contributed by atoms with van der Waals surface area (Å²) in [5, 5.41) is 7.09. The zero-order chi connectivity index (χ0) is 12.8. The first-order valence-electron chi connectivity index (χ1n) is 5.00. The number of rotatable bonds is 4. The van der Waals surface area contributed by atoms with Gasteiger partial charge in [0.2, 0.25) is 0 Å². The van der Waals surface area contributed by atoms with Gasteiger partial charge < -0.3 is 10.6 Å². The number of carbonyl (C=O) groups excluding carboxylic acids is 1. The molecule has 3 N–H and O–H groups in total. The minimum Gasteiger partial charge on any atom is -0.403 e. The topological polar surface area (TPSA) is 83.1 Å². The Morgan fingerprint density at radius 2 is 2.18 bits per heavy atom. The monoisotopic (exact) mass is 252 g/mol. The highest BCUT2D eigenvalue weighted by atomic mass is 35.5. The van der Waals surface area contributed by atoms with Crippen LogP contribution in [0.2, 0.25) is 0 Å². The molecular formula is C11H13ClN4O. The standard InChI is InChI=1S/C11H13ClN4O/c1-2-16(9(7-13)10(12)14)11(17)8-3-5-15-6-4-8/h3-7,14H,2,13H2,1H3. The number of nitrogens with two attached hydrogens (primary N) is 1. The number of pyridine rings is 1. The minimum atomic E-state index is -0.267. The molecule has 0 saturated heterocycles. The van der Waals surface area contributed by atoms with Crippen molar-refractivity contribution in [3.8, 4) is 0 Å². The fourth-order valence-electron chi connectivity index (χ4n) is 1.36. The molecule has 0 radical (unpaired) electrons. The van der Waals surface area contributed by atoms with Crippen LogP contribution in [0.1, 0.15) is 17.3 Å². The van der Waals surface area contributed by atoms with Crippen LogP contribution in [0, 0.1) is 5.41 Å². The molecule has 1 amide bonds. The van der Waals surface area contributed by atoms with Crippen molar-refractivity contribution in [2.24, 2.45) is 5.73 Å². The Labute approximate surface area is 104 Å². The number of hydrogen-bond acceptors (Lipinski definition) is 4. The number of carbonyl (C=O) groups is 1. The summed E-state index contributed by atoms with van der Waals surface area (Å²) >= 11 is 5.58. The summed E-state index contributed by atoms with van der Waals surface area (Å²) in [4.78, 5) is 17.3. The Morgan fingerprint density at radius 3 is 2.59 bits per heavy atom. The molecule has 0 spiro atoms. The number of hydrogen-bond donors (Lipinski definition) is 2. The lowest BCUT2D eigenvalue weighted by Gasteiger charge is -2.22. The van der Waals surface area contributed by atoms with Gasteiger partial charge in [0.1, 0.15) is 5.17 Å². The molecule has 5 nitrogen and oxygen atoms in total. The van der Waals surface area contributed by atoms with E-state index in [4.69, 9.17) is 22.7 Å². The van der Waals surface area contributed by atoms with Gasteiger partial charge in [0.15, 0.2) is 0 Å². The second-order valence-corrected chi connectivity index (χ2v) is 3.53. The van der Waals surface area contributed by atoms with Crippen LogP contribution in [-0.2, 0) is 0 Å². The molecule has 0 aliphatic heterocycles. The summed E-state index contributed by atoms with van der Waals surface area (Å²) in [6.07, 6.45) is 4.20. The Balaban J connectivity index is 3.04. The van der Waals surface area contributed by atoms with Crippen molar-refractivity contribution in [1.29, 1.82) is 5.41 Å². The SMILES string of the molecule is CCN(C(=O)c1ccncc1)C(=CN)C(=N)Cl. The maximum Gasteiger partial charge on any atom is 0.258 e. The van der Waals surface area contributed by atoms with Crippen LogP contribution >= 0.6 is 11.6 Å². The third kappa shape index (κ3) is 3.04. The van der Waals surface area contributed by atoms with Gasteiger partial charge in [-0.3, -0.25) is 15.2 Å². The first kappa shape index (κ1) is 13.2. The van der Waals surface area contributed by atoms with Gasteiger partial charge in [0.25, 0.3) is 5.91 Å². The first-order chi connectivity index (χ1) is 8.11. The Morgan fingerprint density at radius 1 is 1.59 bits per heavy atom. The molecule has 0 atom stereocenters. The van der Waals surface area contributed by atoms with E-state index >= 15 is 0 Å². The van der Waals surface area contributed by atoms with E-state index in [9.17, 15) is 4.79 Å².